The molecule has 1 atom stereocenters. The molecule has 1 aromatic carbocycles. The minimum Gasteiger partial charge on any atom is -0.479 e. The van der Waals surface area contributed by atoms with Gasteiger partial charge in [-0.3, -0.25) is 9.89 Å². The average Bonchev–Trinajstić information content (AvgIpc) is 3.08. The van der Waals surface area contributed by atoms with Crippen LogP contribution in [0.4, 0.5) is 0 Å². The van der Waals surface area contributed by atoms with Crippen molar-refractivity contribution in [3.63, 3.8) is 0 Å². The highest BCUT2D eigenvalue weighted by atomic mass is 16.5. The van der Waals surface area contributed by atoms with Crippen LogP contribution in [0, 0.1) is 18.3 Å². The number of likely N-dealkylation sites (tertiary alicyclic amines) is 1. The number of nitriles is 1. The number of aromatic nitrogens is 2. The van der Waals surface area contributed by atoms with Crippen LogP contribution < -0.4 is 4.74 Å². The number of rotatable bonds is 5. The van der Waals surface area contributed by atoms with Crippen LogP contribution in [0.2, 0.25) is 0 Å². The number of hydrogen-bond acceptors (Lipinski definition) is 4. The molecule has 6 heteroatoms. The van der Waals surface area contributed by atoms with E-state index in [-0.39, 0.29) is 12.5 Å². The van der Waals surface area contributed by atoms with Crippen molar-refractivity contribution in [2.24, 2.45) is 0 Å². The molecule has 0 unspecified atom stereocenters. The Hall–Kier alpha value is -2.81. The van der Waals surface area contributed by atoms with E-state index in [1.54, 1.807) is 12.1 Å². The van der Waals surface area contributed by atoms with Gasteiger partial charge >= 0.3 is 0 Å². The van der Waals surface area contributed by atoms with Gasteiger partial charge in [-0.15, -0.1) is 0 Å². The molecule has 0 radical (unpaired) electrons. The molecule has 2 heterocycles. The van der Waals surface area contributed by atoms with Gasteiger partial charge in [0.1, 0.15) is 11.8 Å². The molecule has 1 fully saturated rings. The molecule has 25 heavy (non-hydrogen) atoms. The first kappa shape index (κ1) is 17.0. The second-order valence-corrected chi connectivity index (χ2v) is 6.42. The zero-order chi connectivity index (χ0) is 17.6. The van der Waals surface area contributed by atoms with Crippen LogP contribution in [0.3, 0.4) is 0 Å². The molecule has 130 valence electrons. The molecule has 0 spiro atoms. The van der Waals surface area contributed by atoms with Gasteiger partial charge in [0.25, 0.3) is 0 Å². The third kappa shape index (κ3) is 4.38. The maximum Gasteiger partial charge on any atom is 0.227 e. The van der Waals surface area contributed by atoms with Gasteiger partial charge < -0.3 is 9.64 Å². The molecule has 3 rings (SSSR count). The molecule has 1 aliphatic rings. The lowest BCUT2D eigenvalue weighted by Gasteiger charge is -2.32. The number of carbonyl (C=O) groups excluding carboxylic acids is 1. The average molecular weight is 338 g/mol. The Morgan fingerprint density at radius 3 is 2.92 bits per heavy atom. The predicted octanol–water partition coefficient (Wildman–Crippen LogP) is 2.57. The third-order valence-electron chi connectivity index (χ3n) is 4.50. The Balaban J connectivity index is 1.58. The number of aromatic amines is 1. The molecule has 0 saturated carbocycles. The SMILES string of the molecule is Cc1cc([C@@H]2CCCN(C(=O)Cc3ccc(OCC#N)cc3)C2)n[nH]1. The van der Waals surface area contributed by atoms with Gasteiger partial charge in [0.05, 0.1) is 12.1 Å². The summed E-state index contributed by atoms with van der Waals surface area (Å²) in [4.78, 5) is 14.6. The Morgan fingerprint density at radius 1 is 1.44 bits per heavy atom. The second-order valence-electron chi connectivity index (χ2n) is 6.42. The van der Waals surface area contributed by atoms with Crippen molar-refractivity contribution in [2.45, 2.75) is 32.1 Å². The largest absolute Gasteiger partial charge is 0.479 e. The highest BCUT2D eigenvalue weighted by Gasteiger charge is 2.26. The van der Waals surface area contributed by atoms with Crippen LogP contribution in [-0.4, -0.2) is 40.7 Å². The predicted molar refractivity (Wildman–Crippen MR) is 93.1 cm³/mol. The van der Waals surface area contributed by atoms with Crippen molar-refractivity contribution in [3.05, 3.63) is 47.3 Å². The lowest BCUT2D eigenvalue weighted by molar-refractivity contribution is -0.131. The number of hydrogen-bond donors (Lipinski definition) is 1. The zero-order valence-corrected chi connectivity index (χ0v) is 14.4. The van der Waals surface area contributed by atoms with Gasteiger partial charge in [-0.05, 0) is 43.5 Å². The summed E-state index contributed by atoms with van der Waals surface area (Å²) in [5.41, 5.74) is 3.05. The molecule has 6 nitrogen and oxygen atoms in total. The fourth-order valence-corrected chi connectivity index (χ4v) is 3.20. The number of ether oxygens (including phenoxy) is 1. The number of H-pyrrole nitrogens is 1. The number of nitrogens with zero attached hydrogens (tertiary/aromatic N) is 3. The Morgan fingerprint density at radius 2 is 2.24 bits per heavy atom. The Bertz CT molecular complexity index is 760. The minimum atomic E-state index is 0.0279. The molecule has 2 aromatic rings. The summed E-state index contributed by atoms with van der Waals surface area (Å²) in [7, 11) is 0. The van der Waals surface area contributed by atoms with Crippen molar-refractivity contribution in [3.8, 4) is 11.8 Å². The summed E-state index contributed by atoms with van der Waals surface area (Å²) in [6.07, 6.45) is 2.45. The van der Waals surface area contributed by atoms with E-state index >= 15 is 0 Å². The van der Waals surface area contributed by atoms with Gasteiger partial charge in [-0.2, -0.15) is 10.4 Å². The van der Waals surface area contributed by atoms with Gasteiger partial charge in [-0.25, -0.2) is 0 Å². The highest BCUT2D eigenvalue weighted by Crippen LogP contribution is 2.26. The third-order valence-corrected chi connectivity index (χ3v) is 4.50. The van der Waals surface area contributed by atoms with Crippen LogP contribution >= 0.6 is 0 Å². The Kier molecular flexibility index (Phi) is 5.34. The van der Waals surface area contributed by atoms with E-state index in [2.05, 4.69) is 16.3 Å². The first-order valence-corrected chi connectivity index (χ1v) is 8.54. The minimum absolute atomic E-state index is 0.0279. The topological polar surface area (TPSA) is 82.0 Å². The van der Waals surface area contributed by atoms with Crippen molar-refractivity contribution in [2.75, 3.05) is 19.7 Å². The second kappa shape index (κ2) is 7.84. The normalized spacial score (nSPS) is 17.1. The van der Waals surface area contributed by atoms with Gasteiger partial charge in [0.15, 0.2) is 6.61 Å². The monoisotopic (exact) mass is 338 g/mol. The number of amides is 1. The summed E-state index contributed by atoms with van der Waals surface area (Å²) in [6.45, 7) is 3.56. The first-order valence-electron chi connectivity index (χ1n) is 8.54. The number of piperidine rings is 1. The van der Waals surface area contributed by atoms with Crippen LogP contribution in [-0.2, 0) is 11.2 Å². The summed E-state index contributed by atoms with van der Waals surface area (Å²) in [6, 6.07) is 11.4. The smallest absolute Gasteiger partial charge is 0.227 e. The molecule has 0 bridgehead atoms. The molecule has 1 aliphatic heterocycles. The molecule has 1 N–H and O–H groups in total. The van der Waals surface area contributed by atoms with E-state index in [9.17, 15) is 4.79 Å². The van der Waals surface area contributed by atoms with E-state index in [4.69, 9.17) is 10.00 Å². The first-order chi connectivity index (χ1) is 12.2. The van der Waals surface area contributed by atoms with E-state index < -0.39 is 0 Å². The summed E-state index contributed by atoms with van der Waals surface area (Å²) in [5, 5.41) is 15.9. The lowest BCUT2D eigenvalue weighted by atomic mass is 9.94. The van der Waals surface area contributed by atoms with Crippen LogP contribution in [0.25, 0.3) is 0 Å². The van der Waals surface area contributed by atoms with Gasteiger partial charge in [0, 0.05) is 24.7 Å². The molecule has 0 aliphatic carbocycles. The van der Waals surface area contributed by atoms with E-state index in [1.807, 2.05) is 30.0 Å². The van der Waals surface area contributed by atoms with Gasteiger partial charge in [0.2, 0.25) is 5.91 Å². The molecule has 1 saturated heterocycles. The van der Waals surface area contributed by atoms with E-state index in [1.165, 1.54) is 0 Å². The fraction of sp³-hybridized carbons (Fsp3) is 0.421. The zero-order valence-electron chi connectivity index (χ0n) is 14.4. The molecular weight excluding hydrogens is 316 g/mol. The van der Waals surface area contributed by atoms with Gasteiger partial charge in [-0.1, -0.05) is 12.1 Å². The molecule has 1 aromatic heterocycles. The molecule has 1 amide bonds. The fourth-order valence-electron chi connectivity index (χ4n) is 3.20. The van der Waals surface area contributed by atoms with Crippen molar-refractivity contribution in [1.29, 1.82) is 5.26 Å². The molecular formula is C19H22N4O2. The van der Waals surface area contributed by atoms with E-state index in [0.717, 1.165) is 42.9 Å². The summed E-state index contributed by atoms with van der Waals surface area (Å²) < 4.78 is 5.23. The lowest BCUT2D eigenvalue weighted by Crippen LogP contribution is -2.40. The maximum absolute atomic E-state index is 12.6. The summed E-state index contributed by atoms with van der Waals surface area (Å²) in [5.74, 6) is 1.09. The van der Waals surface area contributed by atoms with Crippen molar-refractivity contribution < 1.29 is 9.53 Å². The van der Waals surface area contributed by atoms with E-state index in [0.29, 0.717) is 18.1 Å². The number of nitrogens with one attached hydrogen (secondary N) is 1. The van der Waals surface area contributed by atoms with Crippen molar-refractivity contribution in [1.82, 2.24) is 15.1 Å². The number of carbonyl (C=O) groups is 1. The summed E-state index contributed by atoms with van der Waals surface area (Å²) >= 11 is 0. The quantitative estimate of drug-likeness (QED) is 0.908. The standard InChI is InChI=1S/C19H22N4O2/c1-14-11-18(22-21-14)16-3-2-9-23(13-16)19(24)12-15-4-6-17(7-5-15)25-10-8-20/h4-7,11,16H,2-3,9-10,12-13H2,1H3,(H,21,22)/t16-/m1/s1. The van der Waals surface area contributed by atoms with Crippen LogP contribution in [0.1, 0.15) is 35.7 Å². The van der Waals surface area contributed by atoms with Crippen LogP contribution in [0.5, 0.6) is 5.75 Å². The van der Waals surface area contributed by atoms with Crippen molar-refractivity contribution >= 4 is 5.91 Å². The Labute approximate surface area is 147 Å². The maximum atomic E-state index is 12.6. The number of benzene rings is 1. The number of aryl methyl sites for hydroxylation is 1. The van der Waals surface area contributed by atoms with Crippen LogP contribution in [0.15, 0.2) is 30.3 Å². The highest BCUT2D eigenvalue weighted by molar-refractivity contribution is 5.79.